The van der Waals surface area contributed by atoms with Gasteiger partial charge in [0.1, 0.15) is 4.75 Å². The van der Waals surface area contributed by atoms with E-state index in [-0.39, 0.29) is 18.2 Å². The van der Waals surface area contributed by atoms with Crippen LogP contribution in [0.3, 0.4) is 0 Å². The molecule has 1 N–H and O–H groups in total. The highest BCUT2D eigenvalue weighted by molar-refractivity contribution is 8.01. The van der Waals surface area contributed by atoms with E-state index in [9.17, 15) is 9.59 Å². The molecular formula is C30H29Cl2N3O3S. The number of carbonyl (C=O) groups excluding carboxylic acids is 2. The number of halogens is 2. The number of methoxy groups -OCH3 is 1. The van der Waals surface area contributed by atoms with E-state index < -0.39 is 10.8 Å². The van der Waals surface area contributed by atoms with E-state index in [4.69, 9.17) is 27.9 Å². The number of aryl methyl sites for hydroxylation is 2. The number of hydrogen-bond acceptors (Lipinski definition) is 4. The van der Waals surface area contributed by atoms with Gasteiger partial charge in [-0.25, -0.2) is 0 Å². The average Bonchev–Trinajstić information content (AvgIpc) is 3.39. The van der Waals surface area contributed by atoms with Crippen LogP contribution < -0.4 is 10.2 Å². The number of benzene rings is 3. The van der Waals surface area contributed by atoms with Crippen molar-refractivity contribution in [3.63, 3.8) is 0 Å². The average molecular weight is 583 g/mol. The maximum atomic E-state index is 14.3. The van der Waals surface area contributed by atoms with Gasteiger partial charge in [-0.3, -0.25) is 9.59 Å². The molecule has 4 aromatic rings. The van der Waals surface area contributed by atoms with Gasteiger partial charge in [0.05, 0.1) is 19.1 Å². The van der Waals surface area contributed by atoms with E-state index in [0.29, 0.717) is 28.9 Å². The van der Waals surface area contributed by atoms with E-state index in [2.05, 4.69) is 5.32 Å². The fourth-order valence-electron chi connectivity index (χ4n) is 5.23. The monoisotopic (exact) mass is 581 g/mol. The van der Waals surface area contributed by atoms with Crippen LogP contribution in [-0.4, -0.2) is 41.4 Å². The van der Waals surface area contributed by atoms with Crippen LogP contribution >= 0.6 is 35.0 Å². The lowest BCUT2D eigenvalue weighted by Gasteiger charge is -2.36. The van der Waals surface area contributed by atoms with Gasteiger partial charge in [-0.1, -0.05) is 47.0 Å². The van der Waals surface area contributed by atoms with E-state index in [0.717, 1.165) is 26.9 Å². The molecule has 9 heteroatoms. The summed E-state index contributed by atoms with van der Waals surface area (Å²) < 4.78 is 6.02. The molecule has 6 nitrogen and oxygen atoms in total. The van der Waals surface area contributed by atoms with Crippen molar-refractivity contribution in [1.82, 2.24) is 9.88 Å². The van der Waals surface area contributed by atoms with Gasteiger partial charge in [0.25, 0.3) is 0 Å². The molecule has 0 saturated carbocycles. The molecular weight excluding hydrogens is 553 g/mol. The van der Waals surface area contributed by atoms with Gasteiger partial charge in [0, 0.05) is 64.0 Å². The molecule has 2 heterocycles. The van der Waals surface area contributed by atoms with E-state index in [1.165, 1.54) is 11.8 Å². The van der Waals surface area contributed by atoms with E-state index in [1.54, 1.807) is 24.1 Å². The molecule has 1 saturated heterocycles. The fraction of sp³-hybridized carbons (Fsp3) is 0.267. The zero-order valence-corrected chi connectivity index (χ0v) is 24.2. The van der Waals surface area contributed by atoms with E-state index >= 15 is 0 Å². The number of thioether (sulfide) groups is 1. The molecule has 1 aromatic heterocycles. The van der Waals surface area contributed by atoms with Crippen LogP contribution in [0, 0.1) is 6.92 Å². The first kappa shape index (κ1) is 27.6. The molecule has 3 aromatic carbocycles. The quantitative estimate of drug-likeness (QED) is 0.239. The summed E-state index contributed by atoms with van der Waals surface area (Å²) in [6.07, 6.45) is 2.02. The van der Waals surface area contributed by atoms with Crippen LogP contribution in [0.2, 0.25) is 10.0 Å². The molecule has 0 aliphatic carbocycles. The number of hydrogen-bond donors (Lipinski definition) is 1. The largest absolute Gasteiger partial charge is 0.383 e. The molecule has 2 unspecified atom stereocenters. The first-order valence-electron chi connectivity index (χ1n) is 12.6. The maximum absolute atomic E-state index is 14.3. The number of ether oxygens (including phenoxy) is 1. The summed E-state index contributed by atoms with van der Waals surface area (Å²) in [6.45, 7) is 2.72. The van der Waals surface area contributed by atoms with Crippen molar-refractivity contribution in [3.8, 4) is 0 Å². The molecule has 0 radical (unpaired) electrons. The molecule has 0 spiro atoms. The van der Waals surface area contributed by atoms with Crippen molar-refractivity contribution in [2.45, 2.75) is 29.0 Å². The molecule has 2 amide bonds. The Balaban J connectivity index is 1.74. The van der Waals surface area contributed by atoms with Crippen LogP contribution in [0.4, 0.5) is 5.69 Å². The summed E-state index contributed by atoms with van der Waals surface area (Å²) >= 11 is 14.0. The SMILES string of the molecule is COCCNC(=O)C1(Sc2ccc(C)cc2)CC(=O)N(c2ccc(Cl)cc2)C1c1cn(C)c2cc(Cl)ccc12. The van der Waals surface area contributed by atoms with Crippen LogP contribution in [0.25, 0.3) is 10.9 Å². The summed E-state index contributed by atoms with van der Waals surface area (Å²) in [5, 5.41) is 5.16. The van der Waals surface area contributed by atoms with Crippen molar-refractivity contribution in [2.24, 2.45) is 7.05 Å². The molecule has 0 bridgehead atoms. The number of nitrogens with zero attached hydrogens (tertiary/aromatic N) is 2. The summed E-state index contributed by atoms with van der Waals surface area (Å²) in [5.41, 5.74) is 3.58. The standard InChI is InChI=1S/C30H29Cl2N3O3S/c1-19-4-11-23(12-5-19)39-30(29(37)33-14-15-38-3)17-27(36)35(22-9-6-20(31)7-10-22)28(30)25-18-34(2)26-16-21(32)8-13-24(25)26/h4-13,16,18,28H,14-15,17H2,1-3H3,(H,33,37). The van der Waals surface area contributed by atoms with Crippen molar-refractivity contribution in [2.75, 3.05) is 25.2 Å². The maximum Gasteiger partial charge on any atom is 0.239 e. The summed E-state index contributed by atoms with van der Waals surface area (Å²) in [4.78, 5) is 30.9. The fourth-order valence-corrected chi connectivity index (χ4v) is 6.92. The Kier molecular flexibility index (Phi) is 7.96. The van der Waals surface area contributed by atoms with Gasteiger partial charge in [0.15, 0.2) is 0 Å². The van der Waals surface area contributed by atoms with E-state index in [1.807, 2.05) is 79.3 Å². The highest BCUT2D eigenvalue weighted by atomic mass is 35.5. The lowest BCUT2D eigenvalue weighted by atomic mass is 9.91. The highest BCUT2D eigenvalue weighted by Crippen LogP contribution is 2.55. The van der Waals surface area contributed by atoms with Crippen molar-refractivity contribution in [1.29, 1.82) is 0 Å². The minimum absolute atomic E-state index is 0.0155. The van der Waals surface area contributed by atoms with Crippen molar-refractivity contribution >= 4 is 63.4 Å². The second kappa shape index (κ2) is 11.3. The minimum Gasteiger partial charge on any atom is -0.383 e. The first-order chi connectivity index (χ1) is 18.7. The molecule has 39 heavy (non-hydrogen) atoms. The van der Waals surface area contributed by atoms with Crippen LogP contribution in [0.5, 0.6) is 0 Å². The van der Waals surface area contributed by atoms with Gasteiger partial charge in [0.2, 0.25) is 11.8 Å². The molecule has 1 aliphatic rings. The Bertz CT molecular complexity index is 1520. The van der Waals surface area contributed by atoms with Crippen LogP contribution in [0.1, 0.15) is 23.6 Å². The van der Waals surface area contributed by atoms with Crippen molar-refractivity contribution in [3.05, 3.63) is 94.1 Å². The number of carbonyl (C=O) groups is 2. The predicted molar refractivity (Wildman–Crippen MR) is 159 cm³/mol. The topological polar surface area (TPSA) is 63.6 Å². The second-order valence-electron chi connectivity index (χ2n) is 9.73. The summed E-state index contributed by atoms with van der Waals surface area (Å²) in [6, 6.07) is 20.3. The zero-order valence-electron chi connectivity index (χ0n) is 21.9. The molecule has 1 aliphatic heterocycles. The number of anilines is 1. The third-order valence-electron chi connectivity index (χ3n) is 7.06. The molecule has 202 valence electrons. The van der Waals surface area contributed by atoms with Gasteiger partial charge < -0.3 is 19.5 Å². The Morgan fingerprint density at radius 3 is 2.46 bits per heavy atom. The zero-order chi connectivity index (χ0) is 27.7. The normalized spacial score (nSPS) is 19.2. The molecule has 2 atom stereocenters. The number of aromatic nitrogens is 1. The number of rotatable bonds is 8. The molecule has 5 rings (SSSR count). The molecule has 1 fully saturated rings. The number of nitrogens with one attached hydrogen (secondary N) is 1. The number of fused-ring (bicyclic) bond motifs is 1. The predicted octanol–water partition coefficient (Wildman–Crippen LogP) is 6.57. The third-order valence-corrected chi connectivity index (χ3v) is 8.97. The Morgan fingerprint density at radius 1 is 1.08 bits per heavy atom. The van der Waals surface area contributed by atoms with Crippen LogP contribution in [-0.2, 0) is 21.4 Å². The van der Waals surface area contributed by atoms with Gasteiger partial charge in [-0.15, -0.1) is 11.8 Å². The number of amides is 2. The second-order valence-corrected chi connectivity index (χ2v) is 12.0. The van der Waals surface area contributed by atoms with Gasteiger partial charge in [-0.05, 0) is 55.5 Å². The summed E-state index contributed by atoms with van der Waals surface area (Å²) in [7, 11) is 3.54. The Labute approximate surface area is 242 Å². The van der Waals surface area contributed by atoms with Crippen molar-refractivity contribution < 1.29 is 14.3 Å². The first-order valence-corrected chi connectivity index (χ1v) is 14.2. The third kappa shape index (κ3) is 5.29. The van der Waals surface area contributed by atoms with Gasteiger partial charge >= 0.3 is 0 Å². The van der Waals surface area contributed by atoms with Gasteiger partial charge in [-0.2, -0.15) is 0 Å². The lowest BCUT2D eigenvalue weighted by molar-refractivity contribution is -0.125. The summed E-state index contributed by atoms with van der Waals surface area (Å²) in [5.74, 6) is -0.360. The smallest absolute Gasteiger partial charge is 0.239 e. The Hall–Kier alpha value is -2.97. The highest BCUT2D eigenvalue weighted by Gasteiger charge is 2.59. The Morgan fingerprint density at radius 2 is 1.77 bits per heavy atom. The lowest BCUT2D eigenvalue weighted by Crippen LogP contribution is -2.49. The van der Waals surface area contributed by atoms with Crippen LogP contribution in [0.15, 0.2) is 77.8 Å². The minimum atomic E-state index is -1.17.